The zero-order valence-electron chi connectivity index (χ0n) is 12.1. The number of thiazole rings is 1. The van der Waals surface area contributed by atoms with E-state index < -0.39 is 0 Å². The van der Waals surface area contributed by atoms with Crippen molar-refractivity contribution in [3.8, 4) is 0 Å². The zero-order chi connectivity index (χ0) is 13.9. The minimum atomic E-state index is -0.117. The van der Waals surface area contributed by atoms with Crippen LogP contribution in [0.3, 0.4) is 0 Å². The minimum Gasteiger partial charge on any atom is -0.300 e. The van der Waals surface area contributed by atoms with E-state index in [1.54, 1.807) is 11.3 Å². The molecule has 0 aromatic carbocycles. The molecule has 0 aliphatic rings. The maximum absolute atomic E-state index is 4.60. The lowest BCUT2D eigenvalue weighted by atomic mass is 10.1. The van der Waals surface area contributed by atoms with Crippen LogP contribution >= 0.6 is 11.3 Å². The minimum absolute atomic E-state index is 0.117. The highest BCUT2D eigenvalue weighted by atomic mass is 32.1. The Morgan fingerprint density at radius 1 is 1.47 bits per heavy atom. The number of hydrogen-bond donors (Lipinski definition) is 1. The standard InChI is InChI=1S/C14H22N4S/c1-5-11(2)18-8-6-12(17-18)10-16-14(3,4)13-15-7-9-19-13/h6-9,11,16H,5,10H2,1-4H3. The topological polar surface area (TPSA) is 42.7 Å². The van der Waals surface area contributed by atoms with Crippen molar-refractivity contribution in [1.29, 1.82) is 0 Å². The van der Waals surface area contributed by atoms with Gasteiger partial charge in [0.2, 0.25) is 0 Å². The lowest BCUT2D eigenvalue weighted by molar-refractivity contribution is 0.392. The van der Waals surface area contributed by atoms with E-state index in [1.807, 2.05) is 16.3 Å². The summed E-state index contributed by atoms with van der Waals surface area (Å²) in [6.07, 6.45) is 5.00. The van der Waals surface area contributed by atoms with Crippen LogP contribution in [0.1, 0.15) is 50.9 Å². The maximum Gasteiger partial charge on any atom is 0.112 e. The van der Waals surface area contributed by atoms with Crippen molar-refractivity contribution >= 4 is 11.3 Å². The molecule has 0 radical (unpaired) electrons. The Labute approximate surface area is 118 Å². The molecule has 2 aromatic heterocycles. The molecule has 19 heavy (non-hydrogen) atoms. The van der Waals surface area contributed by atoms with E-state index in [9.17, 15) is 0 Å². The fourth-order valence-electron chi connectivity index (χ4n) is 1.82. The Hall–Kier alpha value is -1.20. The highest BCUT2D eigenvalue weighted by Gasteiger charge is 2.22. The van der Waals surface area contributed by atoms with Gasteiger partial charge in [0, 0.05) is 30.4 Å². The summed E-state index contributed by atoms with van der Waals surface area (Å²) in [5, 5.41) is 11.2. The van der Waals surface area contributed by atoms with Crippen molar-refractivity contribution in [1.82, 2.24) is 20.1 Å². The molecule has 0 spiro atoms. The van der Waals surface area contributed by atoms with Crippen LogP contribution in [0.5, 0.6) is 0 Å². The molecule has 0 saturated heterocycles. The first-order chi connectivity index (χ1) is 9.03. The molecule has 0 saturated carbocycles. The molecule has 0 aliphatic carbocycles. The number of nitrogens with zero attached hydrogens (tertiary/aromatic N) is 3. The normalized spacial score (nSPS) is 13.7. The second-order valence-corrected chi connectivity index (χ2v) is 6.25. The molecule has 0 bridgehead atoms. The van der Waals surface area contributed by atoms with Crippen LogP contribution in [0.4, 0.5) is 0 Å². The van der Waals surface area contributed by atoms with Gasteiger partial charge in [-0.3, -0.25) is 4.68 Å². The monoisotopic (exact) mass is 278 g/mol. The van der Waals surface area contributed by atoms with Crippen LogP contribution in [0.15, 0.2) is 23.8 Å². The van der Waals surface area contributed by atoms with E-state index >= 15 is 0 Å². The van der Waals surface area contributed by atoms with Gasteiger partial charge in [0.05, 0.1) is 11.2 Å². The van der Waals surface area contributed by atoms with Gasteiger partial charge in [0.1, 0.15) is 5.01 Å². The quantitative estimate of drug-likeness (QED) is 0.881. The van der Waals surface area contributed by atoms with Crippen LogP contribution in [0, 0.1) is 0 Å². The van der Waals surface area contributed by atoms with Gasteiger partial charge in [-0.1, -0.05) is 6.92 Å². The Morgan fingerprint density at radius 3 is 2.89 bits per heavy atom. The Morgan fingerprint density at radius 2 is 2.26 bits per heavy atom. The number of aromatic nitrogens is 3. The summed E-state index contributed by atoms with van der Waals surface area (Å²) >= 11 is 1.68. The highest BCUT2D eigenvalue weighted by Crippen LogP contribution is 2.22. The molecule has 1 unspecified atom stereocenters. The van der Waals surface area contributed by atoms with Crippen molar-refractivity contribution in [2.45, 2.75) is 52.2 Å². The van der Waals surface area contributed by atoms with Gasteiger partial charge in [-0.25, -0.2) is 4.98 Å². The summed E-state index contributed by atoms with van der Waals surface area (Å²) in [4.78, 5) is 4.38. The van der Waals surface area contributed by atoms with E-state index in [1.165, 1.54) is 0 Å². The van der Waals surface area contributed by atoms with Gasteiger partial charge < -0.3 is 5.32 Å². The predicted octanol–water partition coefficient (Wildman–Crippen LogP) is 3.34. The summed E-state index contributed by atoms with van der Waals surface area (Å²) in [5.74, 6) is 0. The van der Waals surface area contributed by atoms with E-state index in [0.29, 0.717) is 6.04 Å². The highest BCUT2D eigenvalue weighted by molar-refractivity contribution is 7.09. The molecule has 2 aromatic rings. The van der Waals surface area contributed by atoms with E-state index in [4.69, 9.17) is 0 Å². The third-order valence-corrected chi connectivity index (χ3v) is 4.48. The molecule has 0 amide bonds. The van der Waals surface area contributed by atoms with Crippen LogP contribution in [-0.2, 0) is 12.1 Å². The summed E-state index contributed by atoms with van der Waals surface area (Å²) < 4.78 is 2.04. The zero-order valence-corrected chi connectivity index (χ0v) is 12.9. The van der Waals surface area contributed by atoms with Crippen molar-refractivity contribution in [2.75, 3.05) is 0 Å². The summed E-state index contributed by atoms with van der Waals surface area (Å²) in [6, 6.07) is 2.54. The molecular formula is C14H22N4S. The molecule has 2 heterocycles. The molecule has 5 heteroatoms. The molecule has 1 atom stereocenters. The van der Waals surface area contributed by atoms with Crippen molar-refractivity contribution < 1.29 is 0 Å². The van der Waals surface area contributed by atoms with E-state index in [0.717, 1.165) is 23.7 Å². The number of rotatable bonds is 6. The number of hydrogen-bond acceptors (Lipinski definition) is 4. The Bertz CT molecular complexity index is 501. The van der Waals surface area contributed by atoms with Crippen molar-refractivity contribution in [3.63, 3.8) is 0 Å². The molecule has 104 valence electrons. The van der Waals surface area contributed by atoms with Gasteiger partial charge in [-0.05, 0) is 33.3 Å². The van der Waals surface area contributed by atoms with Crippen molar-refractivity contribution in [3.05, 3.63) is 34.5 Å². The smallest absolute Gasteiger partial charge is 0.112 e. The summed E-state index contributed by atoms with van der Waals surface area (Å²) in [7, 11) is 0. The van der Waals surface area contributed by atoms with Gasteiger partial charge in [-0.2, -0.15) is 5.10 Å². The molecule has 4 nitrogen and oxygen atoms in total. The first kappa shape index (κ1) is 14.2. The van der Waals surface area contributed by atoms with Gasteiger partial charge in [0.25, 0.3) is 0 Å². The Kier molecular flexibility index (Phi) is 4.37. The lowest BCUT2D eigenvalue weighted by Crippen LogP contribution is -2.36. The second kappa shape index (κ2) is 5.84. The van der Waals surface area contributed by atoms with Crippen molar-refractivity contribution in [2.24, 2.45) is 0 Å². The Balaban J connectivity index is 1.97. The van der Waals surface area contributed by atoms with E-state index in [2.05, 4.69) is 55.4 Å². The average Bonchev–Trinajstić information content (AvgIpc) is 3.06. The SMILES string of the molecule is CCC(C)n1ccc(CNC(C)(C)c2nccs2)n1. The van der Waals surface area contributed by atoms with Gasteiger partial charge >= 0.3 is 0 Å². The third kappa shape index (κ3) is 3.42. The van der Waals surface area contributed by atoms with Gasteiger partial charge in [0.15, 0.2) is 0 Å². The summed E-state index contributed by atoms with van der Waals surface area (Å²) in [5.41, 5.74) is 0.957. The molecule has 0 fully saturated rings. The third-order valence-electron chi connectivity index (χ3n) is 3.38. The molecule has 0 aliphatic heterocycles. The largest absolute Gasteiger partial charge is 0.300 e. The predicted molar refractivity (Wildman–Crippen MR) is 79.2 cm³/mol. The number of nitrogens with one attached hydrogen (secondary N) is 1. The fourth-order valence-corrected chi connectivity index (χ4v) is 2.56. The first-order valence-corrected chi connectivity index (χ1v) is 7.60. The van der Waals surface area contributed by atoms with Crippen LogP contribution in [0.2, 0.25) is 0 Å². The average molecular weight is 278 g/mol. The van der Waals surface area contributed by atoms with Crippen LogP contribution in [-0.4, -0.2) is 14.8 Å². The van der Waals surface area contributed by atoms with Crippen LogP contribution < -0.4 is 5.32 Å². The summed E-state index contributed by atoms with van der Waals surface area (Å²) in [6.45, 7) is 9.42. The molecule has 1 N–H and O–H groups in total. The first-order valence-electron chi connectivity index (χ1n) is 6.72. The van der Waals surface area contributed by atoms with E-state index in [-0.39, 0.29) is 5.54 Å². The molecule has 2 rings (SSSR count). The van der Waals surface area contributed by atoms with Gasteiger partial charge in [-0.15, -0.1) is 11.3 Å². The maximum atomic E-state index is 4.60. The second-order valence-electron chi connectivity index (χ2n) is 5.36. The lowest BCUT2D eigenvalue weighted by Gasteiger charge is -2.23. The fraction of sp³-hybridized carbons (Fsp3) is 0.571. The van der Waals surface area contributed by atoms with Crippen LogP contribution in [0.25, 0.3) is 0 Å². The molecular weight excluding hydrogens is 256 g/mol.